The van der Waals surface area contributed by atoms with E-state index in [2.05, 4.69) is 17.1 Å². The van der Waals surface area contributed by atoms with Crippen molar-refractivity contribution in [2.45, 2.75) is 70.0 Å². The van der Waals surface area contributed by atoms with Crippen LogP contribution >= 0.6 is 0 Å². The summed E-state index contributed by atoms with van der Waals surface area (Å²) in [5.41, 5.74) is 6.06. The van der Waals surface area contributed by atoms with Crippen LogP contribution in [0.2, 0.25) is 0 Å². The summed E-state index contributed by atoms with van der Waals surface area (Å²) in [6.45, 7) is 4.49. The lowest BCUT2D eigenvalue weighted by Crippen LogP contribution is -2.46. The van der Waals surface area contributed by atoms with Gasteiger partial charge < -0.3 is 11.1 Å². The minimum Gasteiger partial charge on any atom is -0.352 e. The predicted molar refractivity (Wildman–Crippen MR) is 80.2 cm³/mol. The van der Waals surface area contributed by atoms with E-state index >= 15 is 0 Å². The Hall–Kier alpha value is -0.610. The molecule has 3 fully saturated rings. The van der Waals surface area contributed by atoms with E-state index in [9.17, 15) is 4.79 Å². The maximum absolute atomic E-state index is 12.5. The van der Waals surface area contributed by atoms with Gasteiger partial charge in [0.25, 0.3) is 0 Å². The minimum atomic E-state index is 0.122. The minimum absolute atomic E-state index is 0.122. The summed E-state index contributed by atoms with van der Waals surface area (Å²) in [5, 5.41) is 3.34. The van der Waals surface area contributed by atoms with E-state index in [4.69, 9.17) is 5.73 Å². The number of carbonyl (C=O) groups is 1. The highest BCUT2D eigenvalue weighted by molar-refractivity contribution is 5.79. The molecule has 3 N–H and O–H groups in total. The molecule has 1 saturated carbocycles. The van der Waals surface area contributed by atoms with Crippen LogP contribution in [0.5, 0.6) is 0 Å². The highest BCUT2D eigenvalue weighted by Gasteiger charge is 2.39. The van der Waals surface area contributed by atoms with Gasteiger partial charge in [0.05, 0.1) is 0 Å². The monoisotopic (exact) mass is 279 g/mol. The largest absolute Gasteiger partial charge is 0.352 e. The normalized spacial score (nSPS) is 39.5. The van der Waals surface area contributed by atoms with Crippen molar-refractivity contribution in [1.82, 2.24) is 10.2 Å². The number of fused-ring (bicyclic) bond motifs is 1. The van der Waals surface area contributed by atoms with E-state index in [0.29, 0.717) is 24.0 Å². The van der Waals surface area contributed by atoms with Crippen molar-refractivity contribution in [1.29, 1.82) is 0 Å². The standard InChI is InChI=1S/C16H29N3O/c1-11(12-4-2-5-13(17)10-12)16(20)18-14-7-9-19-8-3-6-15(14)19/h11-15H,2-10,17H2,1H3,(H,18,20). The zero-order chi connectivity index (χ0) is 14.1. The lowest BCUT2D eigenvalue weighted by Gasteiger charge is -2.31. The Balaban J connectivity index is 1.53. The molecule has 3 rings (SSSR count). The SMILES string of the molecule is CC(C(=O)NC1CCN2CCCC12)C1CCCC(N)C1. The fourth-order valence-electron chi connectivity index (χ4n) is 4.50. The maximum Gasteiger partial charge on any atom is 0.223 e. The van der Waals surface area contributed by atoms with Crippen LogP contribution in [0.25, 0.3) is 0 Å². The predicted octanol–water partition coefficient (Wildman–Crippen LogP) is 1.49. The summed E-state index contributed by atoms with van der Waals surface area (Å²) in [7, 11) is 0. The van der Waals surface area contributed by atoms with Crippen LogP contribution in [0.15, 0.2) is 0 Å². The van der Waals surface area contributed by atoms with E-state index in [1.54, 1.807) is 0 Å². The molecule has 114 valence electrons. The van der Waals surface area contributed by atoms with Crippen LogP contribution in [0.1, 0.15) is 51.9 Å². The average Bonchev–Trinajstić information content (AvgIpc) is 3.03. The topological polar surface area (TPSA) is 58.4 Å². The molecule has 4 heteroatoms. The van der Waals surface area contributed by atoms with Gasteiger partial charge in [-0.25, -0.2) is 0 Å². The Bertz CT molecular complexity index is 360. The van der Waals surface area contributed by atoms with Crippen LogP contribution in [0.3, 0.4) is 0 Å². The molecule has 2 aliphatic heterocycles. The molecule has 2 heterocycles. The van der Waals surface area contributed by atoms with Gasteiger partial charge in [-0.05, 0) is 51.0 Å². The Kier molecular flexibility index (Phi) is 4.32. The van der Waals surface area contributed by atoms with Crippen LogP contribution in [0, 0.1) is 11.8 Å². The van der Waals surface area contributed by atoms with Crippen molar-refractivity contribution in [2.75, 3.05) is 13.1 Å². The lowest BCUT2D eigenvalue weighted by molar-refractivity contribution is -0.127. The van der Waals surface area contributed by atoms with Gasteiger partial charge in [0.2, 0.25) is 5.91 Å². The summed E-state index contributed by atoms with van der Waals surface area (Å²) in [5.74, 6) is 0.875. The number of nitrogens with two attached hydrogens (primary N) is 1. The molecule has 4 nitrogen and oxygen atoms in total. The van der Waals surface area contributed by atoms with Crippen LogP contribution in [-0.2, 0) is 4.79 Å². The van der Waals surface area contributed by atoms with Crippen molar-refractivity contribution in [3.8, 4) is 0 Å². The van der Waals surface area contributed by atoms with E-state index in [-0.39, 0.29) is 11.8 Å². The van der Waals surface area contributed by atoms with Gasteiger partial charge in [-0.3, -0.25) is 9.69 Å². The zero-order valence-electron chi connectivity index (χ0n) is 12.7. The third-order valence-electron chi connectivity index (χ3n) is 5.81. The third kappa shape index (κ3) is 2.86. The second-order valence-corrected chi connectivity index (χ2v) is 7.12. The number of nitrogens with zero attached hydrogens (tertiary/aromatic N) is 1. The Labute approximate surface area is 122 Å². The quantitative estimate of drug-likeness (QED) is 0.823. The Morgan fingerprint density at radius 3 is 2.85 bits per heavy atom. The van der Waals surface area contributed by atoms with E-state index in [1.807, 2.05) is 0 Å². The van der Waals surface area contributed by atoms with Gasteiger partial charge in [0.15, 0.2) is 0 Å². The molecule has 0 bridgehead atoms. The van der Waals surface area contributed by atoms with Gasteiger partial charge in [-0.2, -0.15) is 0 Å². The smallest absolute Gasteiger partial charge is 0.223 e. The number of hydrogen-bond donors (Lipinski definition) is 2. The zero-order valence-corrected chi connectivity index (χ0v) is 12.7. The molecule has 2 saturated heterocycles. The number of rotatable bonds is 3. The highest BCUT2D eigenvalue weighted by Crippen LogP contribution is 2.31. The van der Waals surface area contributed by atoms with Crippen molar-refractivity contribution < 1.29 is 4.79 Å². The number of carbonyl (C=O) groups excluding carboxylic acids is 1. The highest BCUT2D eigenvalue weighted by atomic mass is 16.2. The summed E-state index contributed by atoms with van der Waals surface area (Å²) in [6, 6.07) is 1.31. The summed E-state index contributed by atoms with van der Waals surface area (Å²) in [4.78, 5) is 15.1. The first kappa shape index (κ1) is 14.3. The fourth-order valence-corrected chi connectivity index (χ4v) is 4.50. The van der Waals surface area contributed by atoms with Crippen LogP contribution in [0.4, 0.5) is 0 Å². The molecular formula is C16H29N3O. The van der Waals surface area contributed by atoms with Gasteiger partial charge >= 0.3 is 0 Å². The van der Waals surface area contributed by atoms with Gasteiger partial charge in [-0.1, -0.05) is 13.3 Å². The molecule has 0 aromatic rings. The average molecular weight is 279 g/mol. The Morgan fingerprint density at radius 2 is 2.05 bits per heavy atom. The summed E-state index contributed by atoms with van der Waals surface area (Å²) < 4.78 is 0. The molecule has 3 aliphatic rings. The summed E-state index contributed by atoms with van der Waals surface area (Å²) in [6.07, 6.45) is 8.19. The molecule has 5 unspecified atom stereocenters. The van der Waals surface area contributed by atoms with E-state index in [0.717, 1.165) is 25.8 Å². The molecule has 0 spiro atoms. The number of nitrogens with one attached hydrogen (secondary N) is 1. The van der Waals surface area contributed by atoms with E-state index in [1.165, 1.54) is 32.2 Å². The Morgan fingerprint density at radius 1 is 1.20 bits per heavy atom. The van der Waals surface area contributed by atoms with Crippen molar-refractivity contribution in [3.05, 3.63) is 0 Å². The third-order valence-corrected chi connectivity index (χ3v) is 5.81. The van der Waals surface area contributed by atoms with Crippen LogP contribution in [-0.4, -0.2) is 42.0 Å². The fraction of sp³-hybridized carbons (Fsp3) is 0.938. The second kappa shape index (κ2) is 6.02. The number of amides is 1. The van der Waals surface area contributed by atoms with Crippen molar-refractivity contribution >= 4 is 5.91 Å². The van der Waals surface area contributed by atoms with E-state index < -0.39 is 0 Å². The molecule has 0 aromatic heterocycles. The number of hydrogen-bond acceptors (Lipinski definition) is 3. The molecule has 1 aliphatic carbocycles. The molecule has 5 atom stereocenters. The molecule has 20 heavy (non-hydrogen) atoms. The molecule has 1 amide bonds. The molecule has 0 radical (unpaired) electrons. The van der Waals surface area contributed by atoms with Gasteiger partial charge in [0.1, 0.15) is 0 Å². The van der Waals surface area contributed by atoms with Crippen molar-refractivity contribution in [3.63, 3.8) is 0 Å². The molecular weight excluding hydrogens is 250 g/mol. The van der Waals surface area contributed by atoms with Crippen LogP contribution < -0.4 is 11.1 Å². The first-order valence-electron chi connectivity index (χ1n) is 8.45. The first-order valence-corrected chi connectivity index (χ1v) is 8.45. The van der Waals surface area contributed by atoms with Gasteiger partial charge in [0, 0.05) is 30.6 Å². The van der Waals surface area contributed by atoms with Crippen molar-refractivity contribution in [2.24, 2.45) is 17.6 Å². The second-order valence-electron chi connectivity index (χ2n) is 7.12. The summed E-state index contributed by atoms with van der Waals surface area (Å²) >= 11 is 0. The lowest BCUT2D eigenvalue weighted by atomic mass is 9.78. The first-order chi connectivity index (χ1) is 9.65. The molecule has 0 aromatic carbocycles. The van der Waals surface area contributed by atoms with Gasteiger partial charge in [-0.15, -0.1) is 0 Å². The maximum atomic E-state index is 12.5.